The predicted octanol–water partition coefficient (Wildman–Crippen LogP) is 1.60. The van der Waals surface area contributed by atoms with E-state index in [1.54, 1.807) is 0 Å². The van der Waals surface area contributed by atoms with Crippen LogP contribution in [0.15, 0.2) is 34.2 Å². The average Bonchev–Trinajstić information content (AvgIpc) is 2.61. The summed E-state index contributed by atoms with van der Waals surface area (Å²) in [7, 11) is 1.41. The molecule has 0 bridgehead atoms. The molecule has 0 atom stereocenters. The van der Waals surface area contributed by atoms with Crippen LogP contribution in [0.4, 0.5) is 4.79 Å². The first-order valence-electron chi connectivity index (χ1n) is 8.38. The predicted molar refractivity (Wildman–Crippen MR) is 104 cm³/mol. The van der Waals surface area contributed by atoms with Gasteiger partial charge in [0, 0.05) is 13.5 Å². The maximum atomic E-state index is 12.2. The summed E-state index contributed by atoms with van der Waals surface area (Å²) in [5.74, 6) is -0.559. The number of nitrogens with one attached hydrogen (secondary N) is 3. The number of hydrogen-bond acceptors (Lipinski definition) is 6. The van der Waals surface area contributed by atoms with E-state index in [-0.39, 0.29) is 21.9 Å². The van der Waals surface area contributed by atoms with Crippen LogP contribution < -0.4 is 16.2 Å². The molecule has 1 aromatic carbocycles. The van der Waals surface area contributed by atoms with E-state index in [0.717, 1.165) is 17.3 Å². The number of carbonyl (C=O) groups excluding carboxylic acids is 2. The summed E-state index contributed by atoms with van der Waals surface area (Å²) in [5, 5.41) is 12.5. The van der Waals surface area contributed by atoms with E-state index < -0.39 is 11.9 Å². The van der Waals surface area contributed by atoms with Crippen molar-refractivity contribution >= 4 is 23.7 Å². The highest BCUT2D eigenvalue weighted by molar-refractivity contribution is 7.99. The van der Waals surface area contributed by atoms with E-state index >= 15 is 0 Å². The van der Waals surface area contributed by atoms with Crippen LogP contribution >= 0.6 is 11.8 Å². The Balaban J connectivity index is 1.99. The lowest BCUT2D eigenvalue weighted by Crippen LogP contribution is -2.38. The zero-order valence-electron chi connectivity index (χ0n) is 15.8. The molecule has 0 aliphatic heterocycles. The fourth-order valence-electron chi connectivity index (χ4n) is 2.20. The Hall–Kier alpha value is -2.68. The molecule has 8 nitrogen and oxygen atoms in total. The van der Waals surface area contributed by atoms with E-state index in [1.165, 1.54) is 12.6 Å². The van der Waals surface area contributed by atoms with E-state index in [4.69, 9.17) is 0 Å². The van der Waals surface area contributed by atoms with Gasteiger partial charge in [0.25, 0.3) is 5.56 Å². The van der Waals surface area contributed by atoms with Crippen molar-refractivity contribution < 1.29 is 9.59 Å². The van der Waals surface area contributed by atoms with Crippen molar-refractivity contribution in [3.05, 3.63) is 51.4 Å². The Morgan fingerprint density at radius 2 is 1.81 bits per heavy atom. The van der Waals surface area contributed by atoms with Gasteiger partial charge in [0.2, 0.25) is 5.91 Å². The quantitative estimate of drug-likeness (QED) is 0.669. The SMILES string of the molecule is CNC(=O)NC(=O)CSc1nnc(Cc2ccc(C(C)(C)C)cc2)c(=O)[nH]1. The van der Waals surface area contributed by atoms with Crippen molar-refractivity contribution in [2.24, 2.45) is 0 Å². The van der Waals surface area contributed by atoms with E-state index in [0.29, 0.717) is 12.1 Å². The second kappa shape index (κ2) is 8.81. The summed E-state index contributed by atoms with van der Waals surface area (Å²) in [6, 6.07) is 7.47. The number of amides is 3. The van der Waals surface area contributed by atoms with Gasteiger partial charge in [0.15, 0.2) is 5.16 Å². The zero-order chi connectivity index (χ0) is 20.0. The Bertz CT molecular complexity index is 872. The molecule has 1 aromatic heterocycles. The second-order valence-corrected chi connectivity index (χ2v) is 7.91. The minimum absolute atomic E-state index is 0.0638. The number of H-pyrrole nitrogens is 1. The number of benzene rings is 1. The monoisotopic (exact) mass is 389 g/mol. The van der Waals surface area contributed by atoms with Gasteiger partial charge in [0.05, 0.1) is 5.75 Å². The summed E-state index contributed by atoms with van der Waals surface area (Å²) >= 11 is 0.994. The van der Waals surface area contributed by atoms with Crippen LogP contribution in [-0.2, 0) is 16.6 Å². The Labute approximate surface area is 161 Å². The third-order valence-corrected chi connectivity index (χ3v) is 4.62. The molecule has 0 spiro atoms. The highest BCUT2D eigenvalue weighted by Crippen LogP contribution is 2.22. The Morgan fingerprint density at radius 1 is 1.15 bits per heavy atom. The molecule has 27 heavy (non-hydrogen) atoms. The first kappa shape index (κ1) is 20.6. The molecule has 0 aliphatic carbocycles. The molecule has 2 aromatic rings. The number of thioether (sulfide) groups is 1. The van der Waals surface area contributed by atoms with Gasteiger partial charge < -0.3 is 5.32 Å². The molecule has 144 valence electrons. The minimum atomic E-state index is -0.590. The highest BCUT2D eigenvalue weighted by Gasteiger charge is 2.14. The standard InChI is InChI=1S/C18H23N5O3S/c1-18(2,3)12-7-5-11(6-8-12)9-13-15(25)21-17(23-22-13)27-10-14(24)20-16(26)19-4/h5-8H,9-10H2,1-4H3,(H,21,23,25)(H2,19,20,24,26). The van der Waals surface area contributed by atoms with Crippen LogP contribution in [0, 0.1) is 0 Å². The topological polar surface area (TPSA) is 117 Å². The third kappa shape index (κ3) is 6.21. The van der Waals surface area contributed by atoms with Gasteiger partial charge in [-0.15, -0.1) is 10.2 Å². The van der Waals surface area contributed by atoms with E-state index in [9.17, 15) is 14.4 Å². The zero-order valence-corrected chi connectivity index (χ0v) is 16.6. The summed E-state index contributed by atoms with van der Waals surface area (Å²) in [6.45, 7) is 6.43. The Morgan fingerprint density at radius 3 is 2.37 bits per heavy atom. The number of nitrogens with zero attached hydrogens (tertiary/aromatic N) is 2. The molecule has 1 heterocycles. The molecule has 0 radical (unpaired) electrons. The number of aromatic amines is 1. The van der Waals surface area contributed by atoms with Crippen LogP contribution in [0.25, 0.3) is 0 Å². The average molecular weight is 389 g/mol. The molecule has 3 N–H and O–H groups in total. The van der Waals surface area contributed by atoms with Crippen molar-refractivity contribution in [2.45, 2.75) is 37.8 Å². The lowest BCUT2D eigenvalue weighted by Gasteiger charge is -2.19. The molecular weight excluding hydrogens is 366 g/mol. The van der Waals surface area contributed by atoms with Crippen molar-refractivity contribution in [3.8, 4) is 0 Å². The van der Waals surface area contributed by atoms with Crippen molar-refractivity contribution in [3.63, 3.8) is 0 Å². The fraction of sp³-hybridized carbons (Fsp3) is 0.389. The summed E-state index contributed by atoms with van der Waals surface area (Å²) in [6.07, 6.45) is 0.370. The number of rotatable bonds is 5. The summed E-state index contributed by atoms with van der Waals surface area (Å²) in [4.78, 5) is 37.4. The number of carbonyl (C=O) groups is 2. The van der Waals surface area contributed by atoms with Crippen molar-refractivity contribution in [1.82, 2.24) is 25.8 Å². The molecule has 2 rings (SSSR count). The normalized spacial score (nSPS) is 11.1. The first-order chi connectivity index (χ1) is 12.7. The molecule has 9 heteroatoms. The van der Waals surface area contributed by atoms with Crippen LogP contribution in [-0.4, -0.2) is 39.9 Å². The molecule has 0 fully saturated rings. The van der Waals surface area contributed by atoms with Crippen LogP contribution in [0.3, 0.4) is 0 Å². The molecular formula is C18H23N5O3S. The highest BCUT2D eigenvalue weighted by atomic mass is 32.2. The number of aromatic nitrogens is 3. The van der Waals surface area contributed by atoms with Gasteiger partial charge in [-0.25, -0.2) is 4.79 Å². The molecule has 0 aliphatic rings. The maximum Gasteiger partial charge on any atom is 0.321 e. The van der Waals surface area contributed by atoms with E-state index in [2.05, 4.69) is 46.6 Å². The van der Waals surface area contributed by atoms with Gasteiger partial charge in [0.1, 0.15) is 5.69 Å². The fourth-order valence-corrected chi connectivity index (χ4v) is 2.80. The summed E-state index contributed by atoms with van der Waals surface area (Å²) < 4.78 is 0. The van der Waals surface area contributed by atoms with Gasteiger partial charge in [-0.3, -0.25) is 19.9 Å². The van der Waals surface area contributed by atoms with Crippen LogP contribution in [0.1, 0.15) is 37.6 Å². The van der Waals surface area contributed by atoms with Crippen molar-refractivity contribution in [2.75, 3.05) is 12.8 Å². The number of imide groups is 1. The first-order valence-corrected chi connectivity index (χ1v) is 9.37. The Kier molecular flexibility index (Phi) is 6.73. The maximum absolute atomic E-state index is 12.2. The van der Waals surface area contributed by atoms with Crippen molar-refractivity contribution in [1.29, 1.82) is 0 Å². The number of urea groups is 1. The smallest absolute Gasteiger partial charge is 0.321 e. The van der Waals surface area contributed by atoms with E-state index in [1.807, 2.05) is 24.3 Å². The van der Waals surface area contributed by atoms with Gasteiger partial charge >= 0.3 is 6.03 Å². The second-order valence-electron chi connectivity index (χ2n) is 6.95. The lowest BCUT2D eigenvalue weighted by molar-refractivity contribution is -0.117. The van der Waals surface area contributed by atoms with Gasteiger partial charge in [-0.1, -0.05) is 56.8 Å². The lowest BCUT2D eigenvalue weighted by atomic mass is 9.86. The minimum Gasteiger partial charge on any atom is -0.341 e. The van der Waals surface area contributed by atoms with Crippen LogP contribution in [0.2, 0.25) is 0 Å². The largest absolute Gasteiger partial charge is 0.341 e. The number of hydrogen-bond donors (Lipinski definition) is 3. The van der Waals surface area contributed by atoms with Crippen LogP contribution in [0.5, 0.6) is 0 Å². The third-order valence-electron chi connectivity index (χ3n) is 3.76. The van der Waals surface area contributed by atoms with Gasteiger partial charge in [-0.05, 0) is 16.5 Å². The van der Waals surface area contributed by atoms with Gasteiger partial charge in [-0.2, -0.15) is 0 Å². The summed E-state index contributed by atoms with van der Waals surface area (Å²) in [5.41, 5.74) is 2.21. The molecule has 3 amide bonds. The molecule has 0 saturated carbocycles. The molecule has 0 unspecified atom stereocenters. The molecule has 0 saturated heterocycles.